The molecule has 6 heteroatoms. The molecule has 2 aromatic rings. The Balaban J connectivity index is 1.59. The van der Waals surface area contributed by atoms with E-state index in [-0.39, 0.29) is 5.54 Å². The first-order chi connectivity index (χ1) is 11.6. The highest BCUT2D eigenvalue weighted by atomic mass is 16.5. The van der Waals surface area contributed by atoms with Gasteiger partial charge in [-0.25, -0.2) is 0 Å². The minimum atomic E-state index is -0.0971. The second-order valence-electron chi connectivity index (χ2n) is 6.63. The van der Waals surface area contributed by atoms with Gasteiger partial charge in [0.15, 0.2) is 5.76 Å². The highest BCUT2D eigenvalue weighted by molar-refractivity contribution is 5.31. The molecule has 0 amide bonds. The van der Waals surface area contributed by atoms with Crippen LogP contribution in [0.2, 0.25) is 0 Å². The average Bonchev–Trinajstić information content (AvgIpc) is 2.96. The fraction of sp³-hybridized carbons (Fsp3) is 0.444. The number of nitriles is 1. The van der Waals surface area contributed by atoms with Gasteiger partial charge in [-0.05, 0) is 31.8 Å². The Labute approximate surface area is 142 Å². The highest BCUT2D eigenvalue weighted by Gasteiger charge is 2.39. The second kappa shape index (κ2) is 7.14. The molecule has 0 aliphatic carbocycles. The number of aromatic nitrogens is 1. The van der Waals surface area contributed by atoms with Crippen LogP contribution in [0.4, 0.5) is 0 Å². The van der Waals surface area contributed by atoms with Gasteiger partial charge in [0.05, 0.1) is 42.6 Å². The third kappa shape index (κ3) is 4.01. The Bertz CT molecular complexity index is 711. The van der Waals surface area contributed by atoms with Gasteiger partial charge in [-0.15, -0.1) is 0 Å². The fourth-order valence-electron chi connectivity index (χ4n) is 2.77. The number of hydrogen-bond acceptors (Lipinski definition) is 6. The van der Waals surface area contributed by atoms with Crippen LogP contribution in [0.1, 0.15) is 22.6 Å². The maximum Gasteiger partial charge on any atom is 0.150 e. The van der Waals surface area contributed by atoms with Gasteiger partial charge < -0.3 is 19.5 Å². The molecule has 24 heavy (non-hydrogen) atoms. The van der Waals surface area contributed by atoms with Crippen molar-refractivity contribution in [2.45, 2.75) is 25.0 Å². The predicted molar refractivity (Wildman–Crippen MR) is 89.1 cm³/mol. The number of hydrogen-bond donors (Lipinski definition) is 1. The van der Waals surface area contributed by atoms with E-state index in [0.717, 1.165) is 36.5 Å². The summed E-state index contributed by atoms with van der Waals surface area (Å²) in [6.07, 6.45) is 0.778. The van der Waals surface area contributed by atoms with E-state index >= 15 is 0 Å². The van der Waals surface area contributed by atoms with Crippen LogP contribution in [-0.4, -0.2) is 42.9 Å². The SMILES string of the molecule is CN(C)Cc1cc(CC2(NCc3ccc(C#N)cc3)COC2)no1. The molecule has 0 spiro atoms. The normalized spacial score (nSPS) is 15.9. The van der Waals surface area contributed by atoms with E-state index in [1.165, 1.54) is 0 Å². The summed E-state index contributed by atoms with van der Waals surface area (Å²) in [6.45, 7) is 2.81. The van der Waals surface area contributed by atoms with Crippen molar-refractivity contribution in [1.29, 1.82) is 5.26 Å². The van der Waals surface area contributed by atoms with Gasteiger partial charge in [0.1, 0.15) is 0 Å². The van der Waals surface area contributed by atoms with Crippen molar-refractivity contribution in [3.63, 3.8) is 0 Å². The van der Waals surface area contributed by atoms with Gasteiger partial charge in [0.2, 0.25) is 0 Å². The molecule has 1 N–H and O–H groups in total. The van der Waals surface area contributed by atoms with Gasteiger partial charge in [0.25, 0.3) is 0 Å². The molecule has 1 aromatic heterocycles. The summed E-state index contributed by atoms with van der Waals surface area (Å²) in [5.74, 6) is 0.873. The molecule has 0 radical (unpaired) electrons. The fourth-order valence-corrected chi connectivity index (χ4v) is 2.77. The van der Waals surface area contributed by atoms with E-state index in [4.69, 9.17) is 14.5 Å². The predicted octanol–water partition coefficient (Wildman–Crippen LogP) is 1.71. The molecular weight excluding hydrogens is 304 g/mol. The van der Waals surface area contributed by atoms with Crippen molar-refractivity contribution >= 4 is 0 Å². The van der Waals surface area contributed by atoms with Crippen molar-refractivity contribution in [3.8, 4) is 6.07 Å². The Morgan fingerprint density at radius 3 is 2.62 bits per heavy atom. The zero-order valence-corrected chi connectivity index (χ0v) is 14.1. The van der Waals surface area contributed by atoms with E-state index < -0.39 is 0 Å². The van der Waals surface area contributed by atoms with Crippen LogP contribution in [0.3, 0.4) is 0 Å². The van der Waals surface area contributed by atoms with Crippen LogP contribution in [0.5, 0.6) is 0 Å². The van der Waals surface area contributed by atoms with Gasteiger partial charge in [-0.3, -0.25) is 0 Å². The smallest absolute Gasteiger partial charge is 0.150 e. The maximum absolute atomic E-state index is 8.85. The van der Waals surface area contributed by atoms with Crippen LogP contribution < -0.4 is 5.32 Å². The van der Waals surface area contributed by atoms with Crippen molar-refractivity contribution in [2.75, 3.05) is 27.3 Å². The van der Waals surface area contributed by atoms with Gasteiger partial charge in [-0.2, -0.15) is 5.26 Å². The lowest BCUT2D eigenvalue weighted by Gasteiger charge is -2.42. The molecule has 0 saturated carbocycles. The number of rotatable bonds is 7. The average molecular weight is 326 g/mol. The maximum atomic E-state index is 8.85. The quantitative estimate of drug-likeness (QED) is 0.835. The molecule has 126 valence electrons. The van der Waals surface area contributed by atoms with Crippen LogP contribution in [0, 0.1) is 11.3 Å². The lowest BCUT2D eigenvalue weighted by atomic mass is 9.90. The summed E-state index contributed by atoms with van der Waals surface area (Å²) in [5, 5.41) is 16.6. The largest absolute Gasteiger partial charge is 0.377 e. The molecule has 1 saturated heterocycles. The Kier molecular flexibility index (Phi) is 4.95. The zero-order chi connectivity index (χ0) is 17.0. The van der Waals surface area contributed by atoms with Crippen molar-refractivity contribution in [1.82, 2.24) is 15.4 Å². The molecule has 2 heterocycles. The number of ether oxygens (including phenoxy) is 1. The van der Waals surface area contributed by atoms with Crippen molar-refractivity contribution < 1.29 is 9.26 Å². The molecular formula is C18H22N4O2. The van der Waals surface area contributed by atoms with E-state index in [0.29, 0.717) is 18.8 Å². The third-order valence-electron chi connectivity index (χ3n) is 4.11. The van der Waals surface area contributed by atoms with Gasteiger partial charge in [-0.1, -0.05) is 17.3 Å². The number of benzene rings is 1. The first-order valence-corrected chi connectivity index (χ1v) is 8.00. The zero-order valence-electron chi connectivity index (χ0n) is 14.1. The lowest BCUT2D eigenvalue weighted by molar-refractivity contribution is -0.0755. The van der Waals surface area contributed by atoms with Gasteiger partial charge in [0, 0.05) is 19.0 Å². The highest BCUT2D eigenvalue weighted by Crippen LogP contribution is 2.23. The van der Waals surface area contributed by atoms with Crippen LogP contribution in [0.25, 0.3) is 0 Å². The summed E-state index contributed by atoms with van der Waals surface area (Å²) < 4.78 is 10.8. The molecule has 1 aliphatic rings. The van der Waals surface area contributed by atoms with Gasteiger partial charge >= 0.3 is 0 Å². The number of nitrogens with one attached hydrogen (secondary N) is 1. The van der Waals surface area contributed by atoms with E-state index in [2.05, 4.69) is 21.4 Å². The molecule has 0 atom stereocenters. The van der Waals surface area contributed by atoms with Crippen LogP contribution in [0.15, 0.2) is 34.9 Å². The van der Waals surface area contributed by atoms with Crippen LogP contribution in [-0.2, 0) is 24.2 Å². The minimum Gasteiger partial charge on any atom is -0.377 e. The first-order valence-electron chi connectivity index (χ1n) is 8.00. The summed E-state index contributed by atoms with van der Waals surface area (Å²) in [7, 11) is 4.01. The second-order valence-corrected chi connectivity index (χ2v) is 6.63. The molecule has 6 nitrogen and oxygen atoms in total. The summed E-state index contributed by atoms with van der Waals surface area (Å²) >= 11 is 0. The molecule has 0 unspecified atom stereocenters. The Morgan fingerprint density at radius 1 is 1.29 bits per heavy atom. The van der Waals surface area contributed by atoms with E-state index in [9.17, 15) is 0 Å². The summed E-state index contributed by atoms with van der Waals surface area (Å²) in [6, 6.07) is 11.8. The summed E-state index contributed by atoms with van der Waals surface area (Å²) in [4.78, 5) is 2.05. The standard InChI is InChI=1S/C18H22N4O2/c1-22(2)11-17-7-16(21-24-17)8-18(12-23-13-18)20-10-15-5-3-14(9-19)4-6-15/h3-7,20H,8,10-13H2,1-2H3. The summed E-state index contributed by atoms with van der Waals surface area (Å²) in [5.41, 5.74) is 2.67. The van der Waals surface area contributed by atoms with Crippen molar-refractivity contribution in [3.05, 3.63) is 52.9 Å². The van der Waals surface area contributed by atoms with Crippen molar-refractivity contribution in [2.24, 2.45) is 0 Å². The number of nitrogens with zero attached hydrogens (tertiary/aromatic N) is 3. The molecule has 3 rings (SSSR count). The lowest BCUT2D eigenvalue weighted by Crippen LogP contribution is -2.61. The van der Waals surface area contributed by atoms with E-state index in [1.807, 2.05) is 44.4 Å². The Hall–Kier alpha value is -2.20. The third-order valence-corrected chi connectivity index (χ3v) is 4.11. The van der Waals surface area contributed by atoms with E-state index in [1.54, 1.807) is 0 Å². The first kappa shape index (κ1) is 16.7. The molecule has 1 aliphatic heterocycles. The monoisotopic (exact) mass is 326 g/mol. The molecule has 0 bridgehead atoms. The topological polar surface area (TPSA) is 74.3 Å². The molecule has 1 aromatic carbocycles. The minimum absolute atomic E-state index is 0.0971. The Morgan fingerprint density at radius 2 is 2.04 bits per heavy atom. The van der Waals surface area contributed by atoms with Crippen LogP contribution >= 0.6 is 0 Å². The molecule has 1 fully saturated rings.